The Morgan fingerprint density at radius 1 is 1.18 bits per heavy atom. The summed E-state index contributed by atoms with van der Waals surface area (Å²) in [7, 11) is 0. The Kier molecular flexibility index (Phi) is 8.02. The van der Waals surface area contributed by atoms with E-state index in [2.05, 4.69) is 32.2 Å². The van der Waals surface area contributed by atoms with Crippen molar-refractivity contribution in [2.75, 3.05) is 17.2 Å². The monoisotopic (exact) mass is 562 g/mol. The van der Waals surface area contributed by atoms with Gasteiger partial charge in [-0.3, -0.25) is 15.1 Å². The third kappa shape index (κ3) is 6.10. The second-order valence-corrected chi connectivity index (χ2v) is 9.22. The van der Waals surface area contributed by atoms with Crippen LogP contribution in [0.2, 0.25) is 5.02 Å². The number of benzene rings is 2. The molecule has 1 aliphatic rings. The summed E-state index contributed by atoms with van der Waals surface area (Å²) in [6.45, 7) is 4.17. The molecule has 1 saturated heterocycles. The number of aromatic nitrogens is 3. The summed E-state index contributed by atoms with van der Waals surface area (Å²) < 4.78 is 26.0. The Balaban J connectivity index is 1.31. The minimum atomic E-state index is -0.897. The van der Waals surface area contributed by atoms with Crippen LogP contribution in [0.5, 0.6) is 5.75 Å². The van der Waals surface area contributed by atoms with Crippen molar-refractivity contribution in [3.63, 3.8) is 0 Å². The number of hydrogen-bond acceptors (Lipinski definition) is 8. The predicted molar refractivity (Wildman–Crippen MR) is 148 cm³/mol. The van der Waals surface area contributed by atoms with Crippen LogP contribution < -0.4 is 15.4 Å². The molecule has 2 amide bonds. The van der Waals surface area contributed by atoms with Gasteiger partial charge in [0, 0.05) is 36.3 Å². The standard InChI is InChI=1S/C28H24ClFN6O4/c1-2-25(37)36-11-5-7-26(36)40-28(38)35-23-13-19-22(14-21(23)30)32-16-33-27(19)34-17-8-9-24(20(29)12-17)39-15-18-6-3-4-10-31-18/h2-4,6,8-10,12-14,16,26H,1,5,7,11,15H2,(H,35,38)(H,32,33,34)/t26-/m0/s1. The first-order chi connectivity index (χ1) is 19.4. The van der Waals surface area contributed by atoms with Gasteiger partial charge in [0.1, 0.15) is 30.3 Å². The fraction of sp³-hybridized carbons (Fsp3) is 0.179. The summed E-state index contributed by atoms with van der Waals surface area (Å²) in [5.74, 6) is -0.212. The minimum absolute atomic E-state index is 0.133. The summed E-state index contributed by atoms with van der Waals surface area (Å²) in [5, 5.41) is 6.37. The number of pyridine rings is 1. The first-order valence-corrected chi connectivity index (χ1v) is 12.7. The number of carbonyl (C=O) groups is 2. The number of fused-ring (bicyclic) bond motifs is 1. The number of rotatable bonds is 8. The number of halogens is 2. The van der Waals surface area contributed by atoms with E-state index in [9.17, 15) is 14.0 Å². The maximum Gasteiger partial charge on any atom is 0.413 e. The molecule has 1 aliphatic heterocycles. The summed E-state index contributed by atoms with van der Waals surface area (Å²) in [6, 6.07) is 13.3. The molecular weight excluding hydrogens is 539 g/mol. The minimum Gasteiger partial charge on any atom is -0.486 e. The van der Waals surface area contributed by atoms with Crippen LogP contribution in [0.3, 0.4) is 0 Å². The molecule has 1 fully saturated rings. The highest BCUT2D eigenvalue weighted by molar-refractivity contribution is 6.32. The highest BCUT2D eigenvalue weighted by Crippen LogP contribution is 2.32. The molecule has 4 aromatic rings. The van der Waals surface area contributed by atoms with Crippen LogP contribution in [0.4, 0.5) is 26.4 Å². The van der Waals surface area contributed by atoms with E-state index in [1.165, 1.54) is 23.4 Å². The molecule has 12 heteroatoms. The largest absolute Gasteiger partial charge is 0.486 e. The molecule has 0 aliphatic carbocycles. The van der Waals surface area contributed by atoms with Gasteiger partial charge in [-0.1, -0.05) is 24.2 Å². The van der Waals surface area contributed by atoms with Gasteiger partial charge in [-0.25, -0.2) is 19.2 Å². The van der Waals surface area contributed by atoms with Gasteiger partial charge < -0.3 is 19.7 Å². The smallest absolute Gasteiger partial charge is 0.413 e. The van der Waals surface area contributed by atoms with Gasteiger partial charge in [-0.15, -0.1) is 0 Å². The maximum atomic E-state index is 14.8. The van der Waals surface area contributed by atoms with Gasteiger partial charge in [0.2, 0.25) is 5.91 Å². The molecule has 0 spiro atoms. The third-order valence-corrected chi connectivity index (χ3v) is 6.45. The van der Waals surface area contributed by atoms with Gasteiger partial charge in [0.15, 0.2) is 6.23 Å². The molecule has 0 saturated carbocycles. The van der Waals surface area contributed by atoms with E-state index in [0.717, 1.165) is 11.8 Å². The quantitative estimate of drug-likeness (QED) is 0.258. The van der Waals surface area contributed by atoms with Gasteiger partial charge in [0.25, 0.3) is 0 Å². The van der Waals surface area contributed by atoms with Crippen molar-refractivity contribution in [3.05, 3.63) is 90.2 Å². The SMILES string of the molecule is C=CC(=O)N1CCC[C@@H]1OC(=O)Nc1cc2c(Nc3ccc(OCc4ccccn4)c(Cl)c3)ncnc2cc1F. The van der Waals surface area contributed by atoms with Crippen LogP contribution in [0, 0.1) is 5.82 Å². The molecule has 0 bridgehead atoms. The topological polar surface area (TPSA) is 119 Å². The zero-order valence-electron chi connectivity index (χ0n) is 21.1. The molecule has 2 aromatic heterocycles. The Morgan fingerprint density at radius 2 is 2.05 bits per heavy atom. The number of likely N-dealkylation sites (tertiary alicyclic amines) is 1. The number of carbonyl (C=O) groups excluding carboxylic acids is 2. The van der Waals surface area contributed by atoms with Crippen molar-refractivity contribution >= 4 is 51.7 Å². The first-order valence-electron chi connectivity index (χ1n) is 12.4. The van der Waals surface area contributed by atoms with Gasteiger partial charge >= 0.3 is 6.09 Å². The fourth-order valence-electron chi connectivity index (χ4n) is 4.23. The lowest BCUT2D eigenvalue weighted by Crippen LogP contribution is -2.38. The summed E-state index contributed by atoms with van der Waals surface area (Å²) >= 11 is 6.43. The van der Waals surface area contributed by atoms with E-state index >= 15 is 0 Å². The lowest BCUT2D eigenvalue weighted by Gasteiger charge is -2.23. The Bertz CT molecular complexity index is 1570. The highest BCUT2D eigenvalue weighted by Gasteiger charge is 2.30. The summed E-state index contributed by atoms with van der Waals surface area (Å²) in [4.78, 5) is 38.6. The first kappa shape index (κ1) is 26.8. The van der Waals surface area contributed by atoms with Crippen LogP contribution in [-0.2, 0) is 16.1 Å². The molecule has 0 unspecified atom stereocenters. The lowest BCUT2D eigenvalue weighted by molar-refractivity contribution is -0.132. The fourth-order valence-corrected chi connectivity index (χ4v) is 4.47. The van der Waals surface area contributed by atoms with E-state index in [-0.39, 0.29) is 18.2 Å². The number of nitrogens with zero attached hydrogens (tertiary/aromatic N) is 4. The van der Waals surface area contributed by atoms with Crippen LogP contribution >= 0.6 is 11.6 Å². The van der Waals surface area contributed by atoms with E-state index in [0.29, 0.717) is 52.6 Å². The highest BCUT2D eigenvalue weighted by atomic mass is 35.5. The number of hydrogen-bond donors (Lipinski definition) is 2. The van der Waals surface area contributed by atoms with Crippen molar-refractivity contribution in [1.29, 1.82) is 0 Å². The molecular formula is C28H24ClFN6O4. The van der Waals surface area contributed by atoms with Crippen molar-refractivity contribution in [3.8, 4) is 5.75 Å². The second kappa shape index (κ2) is 12.0. The number of anilines is 3. The van der Waals surface area contributed by atoms with E-state index in [4.69, 9.17) is 21.1 Å². The van der Waals surface area contributed by atoms with Crippen LogP contribution in [0.25, 0.3) is 10.9 Å². The lowest BCUT2D eigenvalue weighted by atomic mass is 10.2. The molecule has 1 atom stereocenters. The summed E-state index contributed by atoms with van der Waals surface area (Å²) in [5.41, 5.74) is 1.54. The van der Waals surface area contributed by atoms with Gasteiger partial charge in [-0.2, -0.15) is 0 Å². The third-order valence-electron chi connectivity index (χ3n) is 6.16. The maximum absolute atomic E-state index is 14.8. The molecule has 204 valence electrons. The Labute approximate surface area is 233 Å². The predicted octanol–water partition coefficient (Wildman–Crippen LogP) is 5.82. The zero-order chi connectivity index (χ0) is 28.1. The molecule has 3 heterocycles. The average molecular weight is 563 g/mol. The average Bonchev–Trinajstić information content (AvgIpc) is 3.41. The van der Waals surface area contributed by atoms with E-state index in [1.807, 2.05) is 18.2 Å². The number of amides is 2. The van der Waals surface area contributed by atoms with Crippen LogP contribution in [0.15, 0.2) is 73.7 Å². The molecule has 5 rings (SSSR count). The van der Waals surface area contributed by atoms with E-state index in [1.54, 1.807) is 24.4 Å². The van der Waals surface area contributed by atoms with E-state index < -0.39 is 18.1 Å². The molecule has 0 radical (unpaired) electrons. The summed E-state index contributed by atoms with van der Waals surface area (Å²) in [6.07, 6.45) is 3.64. The molecule has 2 aromatic carbocycles. The molecule has 2 N–H and O–H groups in total. The molecule has 40 heavy (non-hydrogen) atoms. The van der Waals surface area contributed by atoms with Crippen LogP contribution in [-0.4, -0.2) is 44.6 Å². The van der Waals surface area contributed by atoms with Crippen LogP contribution in [0.1, 0.15) is 18.5 Å². The molecule has 10 nitrogen and oxygen atoms in total. The Hall–Kier alpha value is -4.77. The Morgan fingerprint density at radius 3 is 2.83 bits per heavy atom. The number of nitrogens with one attached hydrogen (secondary N) is 2. The van der Waals surface area contributed by atoms with Crippen molar-refractivity contribution < 1.29 is 23.5 Å². The van der Waals surface area contributed by atoms with Gasteiger partial charge in [-0.05, 0) is 48.9 Å². The number of ether oxygens (including phenoxy) is 2. The van der Waals surface area contributed by atoms with Crippen molar-refractivity contribution in [2.45, 2.75) is 25.7 Å². The second-order valence-electron chi connectivity index (χ2n) is 8.81. The van der Waals surface area contributed by atoms with Gasteiger partial charge in [0.05, 0.1) is 21.9 Å². The zero-order valence-corrected chi connectivity index (χ0v) is 21.9. The van der Waals surface area contributed by atoms with Crippen molar-refractivity contribution in [2.24, 2.45) is 0 Å². The van der Waals surface area contributed by atoms with Crippen molar-refractivity contribution in [1.82, 2.24) is 19.9 Å². The normalized spacial score (nSPS) is 14.6.